The molecule has 3 heteroatoms. The van der Waals surface area contributed by atoms with Crippen LogP contribution in [0.3, 0.4) is 0 Å². The van der Waals surface area contributed by atoms with Gasteiger partial charge in [0.1, 0.15) is 12.2 Å². The van der Waals surface area contributed by atoms with Crippen LogP contribution >= 0.6 is 0 Å². The predicted octanol–water partition coefficient (Wildman–Crippen LogP) is 14.9. The monoisotopic (exact) mass is 846 g/mol. The van der Waals surface area contributed by atoms with Gasteiger partial charge in [-0.15, -0.1) is 0 Å². The fourth-order valence-corrected chi connectivity index (χ4v) is 12.4. The zero-order chi connectivity index (χ0) is 44.6. The van der Waals surface area contributed by atoms with E-state index < -0.39 is 0 Å². The zero-order valence-electron chi connectivity index (χ0n) is 37.5. The van der Waals surface area contributed by atoms with E-state index in [1.54, 1.807) is 0 Å². The van der Waals surface area contributed by atoms with Crippen molar-refractivity contribution in [2.75, 3.05) is 0 Å². The van der Waals surface area contributed by atoms with E-state index in [1.807, 2.05) is 24.3 Å². The number of nitriles is 2. The summed E-state index contributed by atoms with van der Waals surface area (Å²) >= 11 is 0. The molecule has 5 aliphatic rings. The van der Waals surface area contributed by atoms with Crippen LogP contribution in [0.5, 0.6) is 0 Å². The summed E-state index contributed by atoms with van der Waals surface area (Å²) in [5.74, 6) is 0.0937. The first-order valence-electron chi connectivity index (χ1n) is 23.3. The molecule has 0 saturated carbocycles. The van der Waals surface area contributed by atoms with Crippen molar-refractivity contribution in [2.24, 2.45) is 0 Å². The molecule has 3 nitrogen and oxygen atoms in total. The quantitative estimate of drug-likeness (QED) is 0.163. The van der Waals surface area contributed by atoms with Crippen LogP contribution in [-0.2, 0) is 28.4 Å². The Bertz CT molecular complexity index is 3530. The van der Waals surface area contributed by atoms with E-state index in [0.717, 1.165) is 17.5 Å². The van der Waals surface area contributed by atoms with Crippen molar-refractivity contribution in [3.8, 4) is 56.6 Å². The Morgan fingerprint density at radius 2 is 0.955 bits per heavy atom. The van der Waals surface area contributed by atoms with Gasteiger partial charge in [0, 0.05) is 16.7 Å². The third-order valence-electron chi connectivity index (χ3n) is 15.9. The summed E-state index contributed by atoms with van der Waals surface area (Å²) < 4.78 is 6.69. The van der Waals surface area contributed by atoms with Crippen molar-refractivity contribution in [2.45, 2.75) is 69.5 Å². The topological polar surface area (TPSA) is 60.1 Å². The number of epoxide rings is 1. The molecule has 1 fully saturated rings. The molecule has 314 valence electrons. The Morgan fingerprint density at radius 1 is 0.439 bits per heavy atom. The molecule has 13 rings (SSSR count). The maximum absolute atomic E-state index is 9.80. The highest BCUT2D eigenvalue weighted by atomic mass is 16.6. The first-order valence-corrected chi connectivity index (χ1v) is 23.3. The second kappa shape index (κ2) is 14.0. The molecule has 3 unspecified atom stereocenters. The van der Waals surface area contributed by atoms with Gasteiger partial charge in [-0.1, -0.05) is 143 Å². The number of nitrogens with zero attached hydrogens (tertiary/aromatic N) is 2. The van der Waals surface area contributed by atoms with Gasteiger partial charge in [-0.25, -0.2) is 0 Å². The Labute approximate surface area is 386 Å². The molecule has 8 aromatic carbocycles. The SMILES string of the molecule is CC1(C)c2ccccc2/C2=C/Cc3cc4c(cc3-c3ccc(C#N)cc3)C3OC3c3cc(-c5ccc(C#N)cc5)c(cc3-4)CC3c4ccccc4C(C)(C)c4ccc(cc43)-c3ccc1c2c3. The first kappa shape index (κ1) is 38.9. The van der Waals surface area contributed by atoms with Gasteiger partial charge in [-0.05, 0) is 178 Å². The van der Waals surface area contributed by atoms with Gasteiger partial charge in [0.25, 0.3) is 0 Å². The highest BCUT2D eigenvalue weighted by Gasteiger charge is 2.48. The largest absolute Gasteiger partial charge is 0.359 e. The highest BCUT2D eigenvalue weighted by molar-refractivity contribution is 5.91. The number of fused-ring (bicyclic) bond motifs is 12. The molecular formula is C63H46N2O. The van der Waals surface area contributed by atoms with Crippen molar-refractivity contribution in [3.05, 3.63) is 242 Å². The molecule has 1 aliphatic heterocycles. The number of allylic oxidation sites excluding steroid dienone is 1. The van der Waals surface area contributed by atoms with Crippen LogP contribution in [0, 0.1) is 22.7 Å². The number of hydrogen-bond acceptors (Lipinski definition) is 3. The highest BCUT2D eigenvalue weighted by Crippen LogP contribution is 2.61. The van der Waals surface area contributed by atoms with E-state index in [-0.39, 0.29) is 29.0 Å². The summed E-state index contributed by atoms with van der Waals surface area (Å²) in [6, 6.07) is 63.2. The summed E-state index contributed by atoms with van der Waals surface area (Å²) in [7, 11) is 0. The van der Waals surface area contributed by atoms with Gasteiger partial charge in [0.15, 0.2) is 0 Å². The van der Waals surface area contributed by atoms with E-state index in [2.05, 4.69) is 179 Å². The molecule has 0 spiro atoms. The van der Waals surface area contributed by atoms with Gasteiger partial charge in [-0.2, -0.15) is 10.5 Å². The summed E-state index contributed by atoms with van der Waals surface area (Å²) in [6.45, 7) is 9.52. The second-order valence-electron chi connectivity index (χ2n) is 20.1. The van der Waals surface area contributed by atoms with Crippen molar-refractivity contribution in [3.63, 3.8) is 0 Å². The average Bonchev–Trinajstić information content (AvgIpc) is 4.16. The van der Waals surface area contributed by atoms with Crippen molar-refractivity contribution in [1.29, 1.82) is 10.5 Å². The van der Waals surface area contributed by atoms with Crippen LogP contribution in [0.25, 0.3) is 50.1 Å². The molecule has 0 N–H and O–H groups in total. The van der Waals surface area contributed by atoms with E-state index in [0.29, 0.717) is 17.5 Å². The van der Waals surface area contributed by atoms with E-state index >= 15 is 0 Å². The lowest BCUT2D eigenvalue weighted by Crippen LogP contribution is -2.30. The van der Waals surface area contributed by atoms with E-state index in [4.69, 9.17) is 4.74 Å². The van der Waals surface area contributed by atoms with Gasteiger partial charge in [0.2, 0.25) is 0 Å². The number of hydrogen-bond donors (Lipinski definition) is 0. The maximum Gasteiger partial charge on any atom is 0.114 e. The molecule has 4 aliphatic carbocycles. The third-order valence-corrected chi connectivity index (χ3v) is 15.9. The third kappa shape index (κ3) is 5.64. The van der Waals surface area contributed by atoms with Crippen LogP contribution in [0.1, 0.15) is 124 Å². The molecule has 1 heterocycles. The Morgan fingerprint density at radius 3 is 1.62 bits per heavy atom. The van der Waals surface area contributed by atoms with Crippen molar-refractivity contribution >= 4 is 5.57 Å². The Hall–Kier alpha value is -7.56. The van der Waals surface area contributed by atoms with E-state index in [9.17, 15) is 10.5 Å². The average molecular weight is 847 g/mol. The lowest BCUT2D eigenvalue weighted by atomic mass is 9.63. The minimum Gasteiger partial charge on any atom is -0.359 e. The Balaban J connectivity index is 1.12. The van der Waals surface area contributed by atoms with Gasteiger partial charge in [-0.3, -0.25) is 0 Å². The van der Waals surface area contributed by atoms with Gasteiger partial charge < -0.3 is 4.74 Å². The lowest BCUT2D eigenvalue weighted by Gasteiger charge is -2.40. The summed E-state index contributed by atoms with van der Waals surface area (Å²) in [4.78, 5) is 0. The van der Waals surface area contributed by atoms with Crippen molar-refractivity contribution in [1.82, 2.24) is 0 Å². The molecule has 0 radical (unpaired) electrons. The van der Waals surface area contributed by atoms with Crippen LogP contribution in [0.15, 0.2) is 164 Å². The first-order chi connectivity index (χ1) is 32.1. The second-order valence-corrected chi connectivity index (χ2v) is 20.1. The molecule has 66 heavy (non-hydrogen) atoms. The molecule has 8 aromatic rings. The molecule has 3 atom stereocenters. The summed E-state index contributed by atoms with van der Waals surface area (Å²) in [5, 5.41) is 19.6. The minimum atomic E-state index is -0.192. The smallest absolute Gasteiger partial charge is 0.114 e. The molecular weight excluding hydrogens is 801 g/mol. The van der Waals surface area contributed by atoms with Crippen LogP contribution in [-0.4, -0.2) is 0 Å². The normalized spacial score (nSPS) is 20.0. The molecule has 0 amide bonds. The van der Waals surface area contributed by atoms with Crippen molar-refractivity contribution < 1.29 is 4.74 Å². The van der Waals surface area contributed by atoms with Crippen LogP contribution in [0.2, 0.25) is 0 Å². The van der Waals surface area contributed by atoms with Crippen LogP contribution in [0.4, 0.5) is 0 Å². The standard InChI is InChI=1S/C63H46N2O/c1-62(2)56-11-7-5-9-45(56)44-24-21-42-29-50-51-31-43(30-49-46-10-6-8-12-57(46)63(3,4)59-26-23-41(28-53(49)59)40-22-25-58(62)52(44)27-40)48(39-19-15-37(35-65)16-20-39)33-55(51)61-60(66-61)54(50)32-47(42)38-17-13-36(34-64)14-18-38/h5-20,22-29,31-33,49,60-61H,21,30H2,1-4H3/b44-24-. The minimum absolute atomic E-state index is 0.0405. The molecule has 1 saturated heterocycles. The lowest BCUT2D eigenvalue weighted by molar-refractivity contribution is 0.380. The van der Waals surface area contributed by atoms with E-state index in [1.165, 1.54) is 106 Å². The number of benzene rings is 8. The number of ether oxygens (including phenoxy) is 1. The van der Waals surface area contributed by atoms with Gasteiger partial charge >= 0.3 is 0 Å². The summed E-state index contributed by atoms with van der Waals surface area (Å²) in [6.07, 6.45) is 3.91. The maximum atomic E-state index is 9.80. The van der Waals surface area contributed by atoms with Crippen LogP contribution < -0.4 is 0 Å². The number of rotatable bonds is 2. The molecule has 8 bridgehead atoms. The predicted molar refractivity (Wildman–Crippen MR) is 264 cm³/mol. The molecule has 0 aromatic heterocycles. The van der Waals surface area contributed by atoms with Gasteiger partial charge in [0.05, 0.1) is 23.3 Å². The Kier molecular flexibility index (Phi) is 8.23. The fraction of sp³-hybridized carbons (Fsp3) is 0.175. The zero-order valence-corrected chi connectivity index (χ0v) is 37.5. The fourth-order valence-electron chi connectivity index (χ4n) is 12.4. The summed E-state index contributed by atoms with van der Waals surface area (Å²) in [5.41, 5.74) is 27.4.